The molecule has 82 valence electrons. The Morgan fingerprint density at radius 2 is 2.00 bits per heavy atom. The van der Waals surface area contributed by atoms with Gasteiger partial charge in [0.1, 0.15) is 0 Å². The maximum Gasteiger partial charge on any atom is 0.0602 e. The molecule has 0 aromatic carbocycles. The van der Waals surface area contributed by atoms with Crippen LogP contribution in [0, 0.1) is 5.92 Å². The van der Waals surface area contributed by atoms with Gasteiger partial charge in [0.2, 0.25) is 0 Å². The van der Waals surface area contributed by atoms with Gasteiger partial charge in [0.25, 0.3) is 0 Å². The summed E-state index contributed by atoms with van der Waals surface area (Å²) >= 11 is 0. The molecule has 1 saturated carbocycles. The second-order valence-electron chi connectivity index (χ2n) is 4.99. The maximum atomic E-state index is 6.00. The van der Waals surface area contributed by atoms with E-state index in [-0.39, 0.29) is 0 Å². The van der Waals surface area contributed by atoms with Crippen molar-refractivity contribution in [3.8, 4) is 0 Å². The van der Waals surface area contributed by atoms with Gasteiger partial charge in [0, 0.05) is 12.6 Å². The molecule has 2 fully saturated rings. The SMILES string of the molecule is CC1CC(OCC2CCCC2)CCN1. The third-order valence-electron chi connectivity index (χ3n) is 3.62. The lowest BCUT2D eigenvalue weighted by molar-refractivity contribution is 0.00522. The molecule has 0 amide bonds. The van der Waals surface area contributed by atoms with Crippen molar-refractivity contribution in [1.82, 2.24) is 5.32 Å². The maximum absolute atomic E-state index is 6.00. The lowest BCUT2D eigenvalue weighted by Crippen LogP contribution is -2.39. The van der Waals surface area contributed by atoms with Gasteiger partial charge in [-0.2, -0.15) is 0 Å². The molecule has 2 unspecified atom stereocenters. The molecule has 2 nitrogen and oxygen atoms in total. The molecule has 2 rings (SSSR count). The van der Waals surface area contributed by atoms with E-state index < -0.39 is 0 Å². The Bertz CT molecular complexity index is 166. The number of piperidine rings is 1. The van der Waals surface area contributed by atoms with Crippen LogP contribution in [0.5, 0.6) is 0 Å². The molecule has 1 aliphatic heterocycles. The first-order valence-electron chi connectivity index (χ1n) is 6.19. The Morgan fingerprint density at radius 3 is 2.71 bits per heavy atom. The number of hydrogen-bond acceptors (Lipinski definition) is 2. The van der Waals surface area contributed by atoms with Crippen molar-refractivity contribution in [3.63, 3.8) is 0 Å². The Hall–Kier alpha value is -0.0800. The minimum absolute atomic E-state index is 0.534. The van der Waals surface area contributed by atoms with Gasteiger partial charge >= 0.3 is 0 Å². The molecular weight excluding hydrogens is 174 g/mol. The van der Waals surface area contributed by atoms with E-state index in [2.05, 4.69) is 12.2 Å². The smallest absolute Gasteiger partial charge is 0.0602 e. The van der Waals surface area contributed by atoms with E-state index in [9.17, 15) is 0 Å². The van der Waals surface area contributed by atoms with E-state index in [0.717, 1.165) is 19.1 Å². The molecule has 1 heterocycles. The predicted octanol–water partition coefficient (Wildman–Crippen LogP) is 2.33. The van der Waals surface area contributed by atoms with Gasteiger partial charge in [-0.25, -0.2) is 0 Å². The van der Waals surface area contributed by atoms with Crippen LogP contribution in [-0.2, 0) is 4.74 Å². The zero-order valence-corrected chi connectivity index (χ0v) is 9.30. The highest BCUT2D eigenvalue weighted by atomic mass is 16.5. The Balaban J connectivity index is 1.64. The van der Waals surface area contributed by atoms with Crippen molar-refractivity contribution in [2.75, 3.05) is 13.2 Å². The van der Waals surface area contributed by atoms with Crippen molar-refractivity contribution in [2.24, 2.45) is 5.92 Å². The van der Waals surface area contributed by atoms with Crippen molar-refractivity contribution >= 4 is 0 Å². The van der Waals surface area contributed by atoms with Gasteiger partial charge < -0.3 is 10.1 Å². The first-order chi connectivity index (χ1) is 6.84. The van der Waals surface area contributed by atoms with Crippen LogP contribution in [0.3, 0.4) is 0 Å². The number of nitrogens with one attached hydrogen (secondary N) is 1. The highest BCUT2D eigenvalue weighted by molar-refractivity contribution is 4.76. The van der Waals surface area contributed by atoms with Crippen molar-refractivity contribution < 1.29 is 4.74 Å². The molecule has 0 radical (unpaired) electrons. The first-order valence-corrected chi connectivity index (χ1v) is 6.19. The van der Waals surface area contributed by atoms with E-state index in [1.165, 1.54) is 38.5 Å². The molecule has 0 aromatic rings. The van der Waals surface area contributed by atoms with E-state index in [1.807, 2.05) is 0 Å². The second-order valence-corrected chi connectivity index (χ2v) is 4.99. The highest BCUT2D eigenvalue weighted by Crippen LogP contribution is 2.26. The molecule has 1 aliphatic carbocycles. The highest BCUT2D eigenvalue weighted by Gasteiger charge is 2.21. The van der Waals surface area contributed by atoms with E-state index in [4.69, 9.17) is 4.74 Å². The fraction of sp³-hybridized carbons (Fsp3) is 1.00. The van der Waals surface area contributed by atoms with E-state index in [0.29, 0.717) is 12.1 Å². The van der Waals surface area contributed by atoms with Crippen LogP contribution in [-0.4, -0.2) is 25.3 Å². The topological polar surface area (TPSA) is 21.3 Å². The second kappa shape index (κ2) is 5.13. The summed E-state index contributed by atoms with van der Waals surface area (Å²) in [5.41, 5.74) is 0. The molecule has 1 saturated heterocycles. The molecule has 2 heteroatoms. The summed E-state index contributed by atoms with van der Waals surface area (Å²) in [5.74, 6) is 0.875. The molecule has 1 N–H and O–H groups in total. The van der Waals surface area contributed by atoms with Crippen molar-refractivity contribution in [2.45, 2.75) is 57.6 Å². The summed E-state index contributed by atoms with van der Waals surface area (Å²) in [6, 6.07) is 0.650. The number of ether oxygens (including phenoxy) is 1. The number of rotatable bonds is 3. The van der Waals surface area contributed by atoms with Crippen molar-refractivity contribution in [3.05, 3.63) is 0 Å². The Kier molecular flexibility index (Phi) is 3.82. The minimum Gasteiger partial charge on any atom is -0.378 e. The van der Waals surface area contributed by atoms with E-state index in [1.54, 1.807) is 0 Å². The summed E-state index contributed by atoms with van der Waals surface area (Å²) in [6.07, 6.45) is 8.60. The summed E-state index contributed by atoms with van der Waals surface area (Å²) in [5, 5.41) is 3.46. The molecule has 0 aromatic heterocycles. The normalized spacial score (nSPS) is 34.9. The fourth-order valence-corrected chi connectivity index (χ4v) is 2.69. The fourth-order valence-electron chi connectivity index (χ4n) is 2.69. The van der Waals surface area contributed by atoms with Gasteiger partial charge in [-0.05, 0) is 45.1 Å². The van der Waals surface area contributed by atoms with Crippen LogP contribution in [0.1, 0.15) is 45.4 Å². The summed E-state index contributed by atoms with van der Waals surface area (Å²) in [4.78, 5) is 0. The molecule has 2 aliphatic rings. The lowest BCUT2D eigenvalue weighted by Gasteiger charge is -2.28. The monoisotopic (exact) mass is 197 g/mol. The third-order valence-corrected chi connectivity index (χ3v) is 3.62. The predicted molar refractivity (Wildman–Crippen MR) is 58.4 cm³/mol. The van der Waals surface area contributed by atoms with Crippen LogP contribution in [0.25, 0.3) is 0 Å². The number of hydrogen-bond donors (Lipinski definition) is 1. The average molecular weight is 197 g/mol. The van der Waals surface area contributed by atoms with Gasteiger partial charge in [0.15, 0.2) is 0 Å². The largest absolute Gasteiger partial charge is 0.378 e. The average Bonchev–Trinajstić information content (AvgIpc) is 2.67. The van der Waals surface area contributed by atoms with Gasteiger partial charge in [-0.15, -0.1) is 0 Å². The molecule has 14 heavy (non-hydrogen) atoms. The molecule has 0 bridgehead atoms. The van der Waals surface area contributed by atoms with Crippen LogP contribution in [0.2, 0.25) is 0 Å². The molecule has 0 spiro atoms. The molecule has 2 atom stereocenters. The lowest BCUT2D eigenvalue weighted by atomic mass is 10.0. The third kappa shape index (κ3) is 2.96. The first kappa shape index (κ1) is 10.4. The van der Waals surface area contributed by atoms with Gasteiger partial charge in [-0.3, -0.25) is 0 Å². The zero-order chi connectivity index (χ0) is 9.80. The van der Waals surface area contributed by atoms with Crippen molar-refractivity contribution in [1.29, 1.82) is 0 Å². The molecular formula is C12H23NO. The Morgan fingerprint density at radius 1 is 1.21 bits per heavy atom. The van der Waals surface area contributed by atoms with Crippen LogP contribution in [0.4, 0.5) is 0 Å². The quantitative estimate of drug-likeness (QED) is 0.750. The minimum atomic E-state index is 0.534. The standard InChI is InChI=1S/C12H23NO/c1-10-8-12(6-7-13-10)14-9-11-4-2-3-5-11/h10-13H,2-9H2,1H3. The van der Waals surface area contributed by atoms with Gasteiger partial charge in [0.05, 0.1) is 6.10 Å². The zero-order valence-electron chi connectivity index (χ0n) is 9.30. The van der Waals surface area contributed by atoms with Crippen LogP contribution in [0.15, 0.2) is 0 Å². The summed E-state index contributed by atoms with van der Waals surface area (Å²) in [6.45, 7) is 4.42. The summed E-state index contributed by atoms with van der Waals surface area (Å²) < 4.78 is 6.00. The van der Waals surface area contributed by atoms with Crippen LogP contribution >= 0.6 is 0 Å². The van der Waals surface area contributed by atoms with Crippen LogP contribution < -0.4 is 5.32 Å². The van der Waals surface area contributed by atoms with E-state index >= 15 is 0 Å². The van der Waals surface area contributed by atoms with Gasteiger partial charge in [-0.1, -0.05) is 12.8 Å². The Labute approximate surface area is 87.4 Å². The summed E-state index contributed by atoms with van der Waals surface area (Å²) in [7, 11) is 0.